The van der Waals surface area contributed by atoms with E-state index in [4.69, 9.17) is 10.4 Å². The Hall–Kier alpha value is -1.75. The summed E-state index contributed by atoms with van der Waals surface area (Å²) in [6.07, 6.45) is 1.42. The molecule has 0 saturated carbocycles. The summed E-state index contributed by atoms with van der Waals surface area (Å²) in [5, 5.41) is 3.55. The lowest BCUT2D eigenvalue weighted by molar-refractivity contribution is 0.0944. The number of aryl methyl sites for hydroxylation is 1. The molecule has 2 aromatic rings. The first-order valence-electron chi connectivity index (χ1n) is 5.21. The van der Waals surface area contributed by atoms with Crippen molar-refractivity contribution in [3.05, 3.63) is 43.5 Å². The molecule has 0 unspecified atom stereocenters. The van der Waals surface area contributed by atoms with Crippen LogP contribution >= 0.6 is 22.6 Å². The highest BCUT2D eigenvalue weighted by molar-refractivity contribution is 14.1. The maximum absolute atomic E-state index is 11.9. The average molecular weight is 375 g/mol. The molecule has 2 aromatic heterocycles. The highest BCUT2D eigenvalue weighted by atomic mass is 127. The fourth-order valence-corrected chi connectivity index (χ4v) is 1.84. The number of halogens is 1. The lowest BCUT2D eigenvalue weighted by atomic mass is 10.3. The molecular weight excluding hydrogens is 365 g/mol. The topological polar surface area (TPSA) is 116 Å². The van der Waals surface area contributed by atoms with E-state index in [9.17, 15) is 9.59 Å². The first kappa shape index (κ1) is 13.7. The second-order valence-corrected chi connectivity index (χ2v) is 4.81. The van der Waals surface area contributed by atoms with E-state index in [1.54, 1.807) is 6.92 Å². The van der Waals surface area contributed by atoms with Gasteiger partial charge in [0.25, 0.3) is 11.5 Å². The molecule has 0 saturated heterocycles. The van der Waals surface area contributed by atoms with Crippen LogP contribution in [0, 0.1) is 10.5 Å². The summed E-state index contributed by atoms with van der Waals surface area (Å²) in [5.41, 5.74) is 2.50. The highest BCUT2D eigenvalue weighted by Crippen LogP contribution is 2.06. The smallest absolute Gasteiger partial charge is 0.287 e. The quantitative estimate of drug-likeness (QED) is 0.332. The Bertz CT molecular complexity index is 678. The summed E-state index contributed by atoms with van der Waals surface area (Å²) < 4.78 is 6.88. The Morgan fingerprint density at radius 1 is 1.63 bits per heavy atom. The van der Waals surface area contributed by atoms with Crippen molar-refractivity contribution in [2.45, 2.75) is 13.5 Å². The first-order valence-corrected chi connectivity index (χ1v) is 6.29. The normalized spacial score (nSPS) is 10.5. The molecule has 0 aromatic carbocycles. The predicted molar refractivity (Wildman–Crippen MR) is 73.2 cm³/mol. The second kappa shape index (κ2) is 5.48. The van der Waals surface area contributed by atoms with Crippen LogP contribution in [0.3, 0.4) is 0 Å². The molecule has 19 heavy (non-hydrogen) atoms. The van der Waals surface area contributed by atoms with Crippen molar-refractivity contribution in [1.29, 1.82) is 0 Å². The summed E-state index contributed by atoms with van der Waals surface area (Å²) in [5.74, 6) is 4.79. The minimum absolute atomic E-state index is 0.0558. The van der Waals surface area contributed by atoms with E-state index in [1.165, 1.54) is 17.0 Å². The standard InChI is InChI=1S/C10H10IN5O3/c1-5-8(11)10(18)16(4-13-5)3-6-2-7(15-19-6)9(17)14-12/h2,4H,3,12H2,1H3,(H,14,17). The molecule has 8 nitrogen and oxygen atoms in total. The van der Waals surface area contributed by atoms with E-state index in [2.05, 4.69) is 10.1 Å². The fourth-order valence-electron chi connectivity index (χ4n) is 1.40. The van der Waals surface area contributed by atoms with Crippen molar-refractivity contribution >= 4 is 28.5 Å². The van der Waals surface area contributed by atoms with E-state index < -0.39 is 5.91 Å². The zero-order valence-electron chi connectivity index (χ0n) is 9.88. The molecule has 0 aliphatic carbocycles. The summed E-state index contributed by atoms with van der Waals surface area (Å²) in [4.78, 5) is 27.2. The van der Waals surface area contributed by atoms with E-state index in [0.717, 1.165) is 0 Å². The monoisotopic (exact) mass is 375 g/mol. The van der Waals surface area contributed by atoms with Crippen molar-refractivity contribution < 1.29 is 9.32 Å². The Balaban J connectivity index is 2.27. The van der Waals surface area contributed by atoms with E-state index in [0.29, 0.717) is 15.0 Å². The lowest BCUT2D eigenvalue weighted by Gasteiger charge is -2.03. The number of nitrogen functional groups attached to an aromatic ring is 1. The van der Waals surface area contributed by atoms with Gasteiger partial charge in [-0.15, -0.1) is 0 Å². The molecule has 2 rings (SSSR count). The Kier molecular flexibility index (Phi) is 3.95. The van der Waals surface area contributed by atoms with Gasteiger partial charge in [-0.3, -0.25) is 19.6 Å². The number of nitrogens with two attached hydrogens (primary N) is 1. The van der Waals surface area contributed by atoms with Gasteiger partial charge in [0, 0.05) is 6.07 Å². The van der Waals surface area contributed by atoms with Crippen LogP contribution in [0.2, 0.25) is 0 Å². The summed E-state index contributed by atoms with van der Waals surface area (Å²) in [6, 6.07) is 1.42. The molecule has 100 valence electrons. The SMILES string of the molecule is Cc1ncn(Cc2cc(C(=O)NN)no2)c(=O)c1I. The number of nitrogens with zero attached hydrogens (tertiary/aromatic N) is 3. The van der Waals surface area contributed by atoms with Crippen molar-refractivity contribution in [3.8, 4) is 0 Å². The van der Waals surface area contributed by atoms with Gasteiger partial charge in [-0.1, -0.05) is 5.16 Å². The molecule has 0 aliphatic rings. The van der Waals surface area contributed by atoms with Gasteiger partial charge >= 0.3 is 0 Å². The molecule has 0 spiro atoms. The van der Waals surface area contributed by atoms with Crippen LogP contribution in [-0.2, 0) is 6.54 Å². The molecule has 0 radical (unpaired) electrons. The van der Waals surface area contributed by atoms with Crippen molar-refractivity contribution in [1.82, 2.24) is 20.1 Å². The van der Waals surface area contributed by atoms with Gasteiger partial charge < -0.3 is 4.52 Å². The number of hydrogen-bond donors (Lipinski definition) is 2. The molecule has 1 amide bonds. The number of rotatable bonds is 3. The number of aromatic nitrogens is 3. The van der Waals surface area contributed by atoms with E-state index in [-0.39, 0.29) is 17.8 Å². The number of nitrogens with one attached hydrogen (secondary N) is 1. The van der Waals surface area contributed by atoms with Gasteiger partial charge in [0.05, 0.1) is 22.1 Å². The maximum Gasteiger partial charge on any atom is 0.287 e. The van der Waals surface area contributed by atoms with Gasteiger partial charge in [0.2, 0.25) is 0 Å². The van der Waals surface area contributed by atoms with Crippen molar-refractivity contribution in [2.75, 3.05) is 0 Å². The van der Waals surface area contributed by atoms with Crippen molar-refractivity contribution in [3.63, 3.8) is 0 Å². The van der Waals surface area contributed by atoms with Crippen molar-refractivity contribution in [2.24, 2.45) is 5.84 Å². The Labute approximate surface area is 121 Å². The second-order valence-electron chi connectivity index (χ2n) is 3.73. The van der Waals surface area contributed by atoms with E-state index >= 15 is 0 Å². The molecule has 0 atom stereocenters. The fraction of sp³-hybridized carbons (Fsp3) is 0.200. The van der Waals surface area contributed by atoms with Gasteiger partial charge in [0.15, 0.2) is 11.5 Å². The Morgan fingerprint density at radius 3 is 3.05 bits per heavy atom. The molecule has 0 aliphatic heterocycles. The third-order valence-electron chi connectivity index (χ3n) is 2.41. The zero-order chi connectivity index (χ0) is 14.0. The van der Waals surface area contributed by atoms with Gasteiger partial charge in [0.1, 0.15) is 0 Å². The van der Waals surface area contributed by atoms with Crippen LogP contribution in [0.25, 0.3) is 0 Å². The molecule has 0 bridgehead atoms. The van der Waals surface area contributed by atoms with E-state index in [1.807, 2.05) is 28.0 Å². The zero-order valence-corrected chi connectivity index (χ0v) is 12.0. The molecular formula is C10H10IN5O3. The number of amides is 1. The number of hydrogen-bond acceptors (Lipinski definition) is 6. The molecule has 0 fully saturated rings. The van der Waals surface area contributed by atoms with Gasteiger partial charge in [-0.25, -0.2) is 10.8 Å². The predicted octanol–water partition coefficient (Wildman–Crippen LogP) is -0.204. The van der Waals surface area contributed by atoms with Crippen LogP contribution in [0.15, 0.2) is 21.7 Å². The number of carbonyl (C=O) groups is 1. The summed E-state index contributed by atoms with van der Waals surface area (Å²) in [6.45, 7) is 1.90. The maximum atomic E-state index is 11.9. The number of carbonyl (C=O) groups excluding carboxylic acids is 1. The van der Waals surface area contributed by atoms with Crippen LogP contribution in [-0.4, -0.2) is 20.6 Å². The van der Waals surface area contributed by atoms with Crippen LogP contribution < -0.4 is 16.8 Å². The van der Waals surface area contributed by atoms with Gasteiger partial charge in [-0.05, 0) is 29.5 Å². The average Bonchev–Trinajstić information content (AvgIpc) is 2.87. The molecule has 9 heteroatoms. The summed E-state index contributed by atoms with van der Waals surface area (Å²) in [7, 11) is 0. The minimum atomic E-state index is -0.557. The Morgan fingerprint density at radius 2 is 2.37 bits per heavy atom. The number of hydrazine groups is 1. The summed E-state index contributed by atoms with van der Waals surface area (Å²) >= 11 is 1.94. The third kappa shape index (κ3) is 2.81. The van der Waals surface area contributed by atoms with Crippen LogP contribution in [0.5, 0.6) is 0 Å². The first-order chi connectivity index (χ1) is 9.02. The molecule has 2 heterocycles. The highest BCUT2D eigenvalue weighted by Gasteiger charge is 2.13. The minimum Gasteiger partial charge on any atom is -0.359 e. The lowest BCUT2D eigenvalue weighted by Crippen LogP contribution is -2.30. The van der Waals surface area contributed by atoms with Gasteiger partial charge in [-0.2, -0.15) is 0 Å². The third-order valence-corrected chi connectivity index (χ3v) is 3.65. The largest absolute Gasteiger partial charge is 0.359 e. The van der Waals surface area contributed by atoms with Crippen LogP contribution in [0.4, 0.5) is 0 Å². The van der Waals surface area contributed by atoms with Crippen LogP contribution in [0.1, 0.15) is 21.9 Å². The molecule has 3 N–H and O–H groups in total.